The highest BCUT2D eigenvalue weighted by atomic mass is 16.6. The smallest absolute Gasteiger partial charge is 0.410 e. The molecule has 1 saturated heterocycles. The van der Waals surface area contributed by atoms with Gasteiger partial charge in [0.25, 0.3) is 0 Å². The number of hydrogen-bond acceptors (Lipinski definition) is 3. The van der Waals surface area contributed by atoms with Gasteiger partial charge in [-0.15, -0.1) is 0 Å². The molecule has 4 fully saturated rings. The molecule has 1 heterocycles. The van der Waals surface area contributed by atoms with E-state index in [1.165, 1.54) is 0 Å². The summed E-state index contributed by atoms with van der Waals surface area (Å²) >= 11 is 0. The third kappa shape index (κ3) is 2.38. The fourth-order valence-corrected chi connectivity index (χ4v) is 4.71. The average Bonchev–Trinajstić information content (AvgIpc) is 2.41. The van der Waals surface area contributed by atoms with E-state index < -0.39 is 11.4 Å². The highest BCUT2D eigenvalue weighted by Crippen LogP contribution is 2.75. The summed E-state index contributed by atoms with van der Waals surface area (Å²) in [6, 6.07) is 9.66. The molecule has 0 radical (unpaired) electrons. The zero-order chi connectivity index (χ0) is 16.1. The van der Waals surface area contributed by atoms with Crippen LogP contribution in [0.2, 0.25) is 0 Å². The molecule has 1 aliphatic heterocycles. The van der Waals surface area contributed by atoms with Crippen LogP contribution < -0.4 is 0 Å². The second-order valence-electron chi connectivity index (χ2n) is 7.63. The van der Waals surface area contributed by atoms with Crippen LogP contribution in [0.25, 0.3) is 0 Å². The highest BCUT2D eigenvalue weighted by molar-refractivity contribution is 5.79. The van der Waals surface area contributed by atoms with Gasteiger partial charge < -0.3 is 14.7 Å². The first-order chi connectivity index (χ1) is 11.0. The molecular weight excluding hydrogens is 294 g/mol. The molecule has 1 amide bonds. The molecule has 0 unspecified atom stereocenters. The summed E-state index contributed by atoms with van der Waals surface area (Å²) in [4.78, 5) is 24.8. The number of likely N-dealkylation sites (tertiary alicyclic amines) is 1. The Morgan fingerprint density at radius 3 is 2.43 bits per heavy atom. The van der Waals surface area contributed by atoms with Gasteiger partial charge in [0.15, 0.2) is 0 Å². The summed E-state index contributed by atoms with van der Waals surface area (Å²) in [6.45, 7) is 1.80. The van der Waals surface area contributed by atoms with Gasteiger partial charge in [-0.1, -0.05) is 30.3 Å². The molecule has 2 bridgehead atoms. The normalized spacial score (nSPS) is 31.6. The third-order valence-electron chi connectivity index (χ3n) is 5.74. The van der Waals surface area contributed by atoms with Crippen LogP contribution in [0.3, 0.4) is 0 Å². The number of carbonyl (C=O) groups is 2. The van der Waals surface area contributed by atoms with Crippen molar-refractivity contribution in [2.45, 2.75) is 32.3 Å². The van der Waals surface area contributed by atoms with Gasteiger partial charge in [0, 0.05) is 13.1 Å². The molecule has 0 atom stereocenters. The third-order valence-corrected chi connectivity index (χ3v) is 5.74. The molecule has 1 aromatic rings. The van der Waals surface area contributed by atoms with E-state index in [4.69, 9.17) is 9.84 Å². The second kappa shape index (κ2) is 4.98. The summed E-state index contributed by atoms with van der Waals surface area (Å²) in [7, 11) is 0. The predicted octanol–water partition coefficient (Wildman–Crippen LogP) is 2.90. The minimum absolute atomic E-state index is 0.246. The van der Waals surface area contributed by atoms with Gasteiger partial charge >= 0.3 is 12.1 Å². The number of carbonyl (C=O) groups excluding carboxylic acids is 1. The summed E-state index contributed by atoms with van der Waals surface area (Å²) in [5, 5.41) is 9.15. The molecule has 0 aromatic heterocycles. The number of ether oxygens (including phenoxy) is 1. The van der Waals surface area contributed by atoms with Crippen molar-refractivity contribution < 1.29 is 19.4 Å². The van der Waals surface area contributed by atoms with E-state index >= 15 is 0 Å². The lowest BCUT2D eigenvalue weighted by molar-refractivity contribution is -0.231. The Kier molecular flexibility index (Phi) is 3.15. The maximum absolute atomic E-state index is 12.0. The number of benzene rings is 1. The first kappa shape index (κ1) is 14.5. The predicted molar refractivity (Wildman–Crippen MR) is 82.7 cm³/mol. The van der Waals surface area contributed by atoms with E-state index in [2.05, 4.69) is 0 Å². The Balaban J connectivity index is 1.18. The Labute approximate surface area is 135 Å². The van der Waals surface area contributed by atoms with Gasteiger partial charge in [-0.3, -0.25) is 4.79 Å². The Morgan fingerprint density at radius 2 is 1.83 bits per heavy atom. The number of carboxylic acid groups (broad SMARTS) is 1. The highest BCUT2D eigenvalue weighted by Gasteiger charge is 2.71. The minimum atomic E-state index is -0.626. The molecule has 5 nitrogen and oxygen atoms in total. The molecular formula is C18H21NO4. The molecule has 3 aliphatic carbocycles. The molecule has 1 N–H and O–H groups in total. The SMILES string of the molecule is O=C(OCc1ccccc1)N1CC(CC23CC(C(=O)O)(C2)C3)C1. The zero-order valence-corrected chi connectivity index (χ0v) is 13.0. The van der Waals surface area contributed by atoms with Crippen molar-refractivity contribution in [1.82, 2.24) is 4.90 Å². The van der Waals surface area contributed by atoms with Crippen LogP contribution in [0.4, 0.5) is 4.79 Å². The van der Waals surface area contributed by atoms with E-state index in [0.717, 1.165) is 44.3 Å². The average molecular weight is 315 g/mol. The van der Waals surface area contributed by atoms with Crippen molar-refractivity contribution in [3.05, 3.63) is 35.9 Å². The van der Waals surface area contributed by atoms with Crippen LogP contribution >= 0.6 is 0 Å². The first-order valence-corrected chi connectivity index (χ1v) is 8.19. The lowest BCUT2D eigenvalue weighted by atomic mass is 9.33. The van der Waals surface area contributed by atoms with Gasteiger partial charge in [-0.25, -0.2) is 4.79 Å². The number of aliphatic carboxylic acids is 1. The summed E-state index contributed by atoms with van der Waals surface area (Å²) in [5.41, 5.74) is 0.868. The number of amides is 1. The van der Waals surface area contributed by atoms with Crippen LogP contribution in [0.15, 0.2) is 30.3 Å². The molecule has 1 aromatic carbocycles. The van der Waals surface area contributed by atoms with E-state index in [-0.39, 0.29) is 11.5 Å². The van der Waals surface area contributed by atoms with Gasteiger partial charge in [0.1, 0.15) is 6.61 Å². The summed E-state index contributed by atoms with van der Waals surface area (Å²) < 4.78 is 5.32. The van der Waals surface area contributed by atoms with Crippen molar-refractivity contribution in [2.24, 2.45) is 16.7 Å². The van der Waals surface area contributed by atoms with E-state index in [1.54, 1.807) is 4.90 Å². The van der Waals surface area contributed by atoms with Crippen LogP contribution in [-0.4, -0.2) is 35.2 Å². The second-order valence-corrected chi connectivity index (χ2v) is 7.63. The fourth-order valence-electron chi connectivity index (χ4n) is 4.71. The van der Waals surface area contributed by atoms with E-state index in [0.29, 0.717) is 12.5 Å². The standard InChI is InChI=1S/C18H21NO4/c20-15(21)18-10-17(11-18,12-18)6-14-7-19(8-14)16(22)23-9-13-4-2-1-3-5-13/h1-5,14H,6-12H2,(H,20,21). The van der Waals surface area contributed by atoms with Crippen LogP contribution in [0.1, 0.15) is 31.2 Å². The monoisotopic (exact) mass is 315 g/mol. The van der Waals surface area contributed by atoms with Crippen LogP contribution in [0.5, 0.6) is 0 Å². The Morgan fingerprint density at radius 1 is 1.17 bits per heavy atom. The zero-order valence-electron chi connectivity index (χ0n) is 13.0. The summed E-state index contributed by atoms with van der Waals surface area (Å²) in [5.74, 6) is -0.120. The van der Waals surface area contributed by atoms with Crippen molar-refractivity contribution >= 4 is 12.1 Å². The molecule has 0 spiro atoms. The minimum Gasteiger partial charge on any atom is -0.481 e. The maximum atomic E-state index is 12.0. The van der Waals surface area contributed by atoms with Gasteiger partial charge in [0.2, 0.25) is 0 Å². The lowest BCUT2D eigenvalue weighted by Gasteiger charge is -2.69. The van der Waals surface area contributed by atoms with Crippen molar-refractivity contribution in [3.63, 3.8) is 0 Å². The summed E-state index contributed by atoms with van der Waals surface area (Å²) in [6.07, 6.45) is 3.33. The molecule has 23 heavy (non-hydrogen) atoms. The Hall–Kier alpha value is -2.04. The topological polar surface area (TPSA) is 66.8 Å². The van der Waals surface area contributed by atoms with Crippen molar-refractivity contribution in [1.29, 1.82) is 0 Å². The molecule has 3 saturated carbocycles. The van der Waals surface area contributed by atoms with Gasteiger partial charge in [-0.05, 0) is 42.6 Å². The van der Waals surface area contributed by atoms with Crippen molar-refractivity contribution in [2.75, 3.05) is 13.1 Å². The van der Waals surface area contributed by atoms with Gasteiger partial charge in [-0.2, -0.15) is 0 Å². The number of rotatable bonds is 5. The quantitative estimate of drug-likeness (QED) is 0.907. The van der Waals surface area contributed by atoms with Crippen molar-refractivity contribution in [3.8, 4) is 0 Å². The largest absolute Gasteiger partial charge is 0.481 e. The van der Waals surface area contributed by atoms with E-state index in [1.807, 2.05) is 30.3 Å². The Bertz CT molecular complexity index is 616. The molecule has 5 rings (SSSR count). The first-order valence-electron chi connectivity index (χ1n) is 8.19. The lowest BCUT2D eigenvalue weighted by Crippen LogP contribution is -2.67. The molecule has 4 aliphatic rings. The van der Waals surface area contributed by atoms with Crippen LogP contribution in [0, 0.1) is 16.7 Å². The van der Waals surface area contributed by atoms with Crippen LogP contribution in [-0.2, 0) is 16.1 Å². The number of hydrogen-bond donors (Lipinski definition) is 1. The number of nitrogens with zero attached hydrogens (tertiary/aromatic N) is 1. The van der Waals surface area contributed by atoms with Gasteiger partial charge in [0.05, 0.1) is 5.41 Å². The maximum Gasteiger partial charge on any atom is 0.410 e. The number of carboxylic acids is 1. The molecule has 5 heteroatoms. The molecule has 122 valence electrons. The fraction of sp³-hybridized carbons (Fsp3) is 0.556. The van der Waals surface area contributed by atoms with E-state index in [9.17, 15) is 9.59 Å².